The van der Waals surface area contributed by atoms with Crippen LogP contribution in [0.15, 0.2) is 43.0 Å². The molecule has 0 saturated heterocycles. The minimum atomic E-state index is -0.378. The molecule has 0 radical (unpaired) electrons. The largest absolute Gasteiger partial charge is 0.445 e. The van der Waals surface area contributed by atoms with Crippen LogP contribution >= 0.6 is 0 Å². The Morgan fingerprint density at radius 1 is 1.43 bits per heavy atom. The predicted molar refractivity (Wildman–Crippen MR) is 87.7 cm³/mol. The van der Waals surface area contributed by atoms with Crippen molar-refractivity contribution >= 4 is 6.09 Å². The van der Waals surface area contributed by atoms with Crippen molar-refractivity contribution in [3.8, 4) is 6.07 Å². The average molecular weight is 310 g/mol. The van der Waals surface area contributed by atoms with Crippen LogP contribution in [0.4, 0.5) is 4.79 Å². The summed E-state index contributed by atoms with van der Waals surface area (Å²) in [7, 11) is 0. The van der Waals surface area contributed by atoms with Crippen molar-refractivity contribution in [3.05, 3.63) is 48.6 Å². The second-order valence-corrected chi connectivity index (χ2v) is 6.56. The maximum Gasteiger partial charge on any atom is 0.410 e. The Kier molecular flexibility index (Phi) is 4.38. The van der Waals surface area contributed by atoms with E-state index in [0.717, 1.165) is 25.7 Å². The zero-order chi connectivity index (χ0) is 16.3. The van der Waals surface area contributed by atoms with Crippen LogP contribution in [0.3, 0.4) is 0 Å². The summed E-state index contributed by atoms with van der Waals surface area (Å²) in [6.45, 7) is 4.27. The van der Waals surface area contributed by atoms with Crippen molar-refractivity contribution in [2.75, 3.05) is 13.2 Å². The Hall–Kier alpha value is -2.28. The van der Waals surface area contributed by atoms with Gasteiger partial charge in [-0.25, -0.2) is 4.79 Å². The van der Waals surface area contributed by atoms with Crippen LogP contribution in [0, 0.1) is 16.7 Å². The van der Waals surface area contributed by atoms with E-state index in [1.807, 2.05) is 18.2 Å². The van der Waals surface area contributed by atoms with E-state index in [1.54, 1.807) is 11.0 Å². The molecule has 4 heteroatoms. The lowest BCUT2D eigenvalue weighted by atomic mass is 9.69. The molecular formula is C19H22N2O2. The third kappa shape index (κ3) is 3.24. The first kappa shape index (κ1) is 15.6. The summed E-state index contributed by atoms with van der Waals surface area (Å²) < 4.78 is 5.26. The fraction of sp³-hybridized carbons (Fsp3) is 0.474. The van der Waals surface area contributed by atoms with Crippen molar-refractivity contribution in [2.24, 2.45) is 5.41 Å². The van der Waals surface area contributed by atoms with Crippen LogP contribution in [0.5, 0.6) is 0 Å². The number of nitrogens with zero attached hydrogens (tertiary/aromatic N) is 2. The molecule has 0 spiro atoms. The van der Waals surface area contributed by atoms with Gasteiger partial charge in [0, 0.05) is 18.5 Å². The summed E-state index contributed by atoms with van der Waals surface area (Å²) in [6.07, 6.45) is 5.00. The zero-order valence-electron chi connectivity index (χ0n) is 13.3. The molecule has 2 saturated carbocycles. The Labute approximate surface area is 137 Å². The number of nitriles is 1. The molecule has 120 valence electrons. The smallest absolute Gasteiger partial charge is 0.410 e. The molecule has 2 fully saturated rings. The second-order valence-electron chi connectivity index (χ2n) is 6.56. The standard InChI is InChI=1S/C19H22N2O2/c1-2-11-23-18(22)21(14-19(13-20)9-6-10-19)17-12-16(17)15-7-4-3-5-8-15/h2-5,7-8,16-17H,1,6,9-12,14H2. The highest BCUT2D eigenvalue weighted by molar-refractivity contribution is 5.69. The van der Waals surface area contributed by atoms with Gasteiger partial charge in [0.05, 0.1) is 11.5 Å². The number of ether oxygens (including phenoxy) is 1. The Balaban J connectivity index is 1.72. The van der Waals surface area contributed by atoms with Crippen molar-refractivity contribution in [1.29, 1.82) is 5.26 Å². The SMILES string of the molecule is C=CCOC(=O)N(CC1(C#N)CCC1)C1CC1c1ccccc1. The van der Waals surface area contributed by atoms with Crippen LogP contribution in [0.2, 0.25) is 0 Å². The Morgan fingerprint density at radius 3 is 2.74 bits per heavy atom. The van der Waals surface area contributed by atoms with Gasteiger partial charge in [0.1, 0.15) is 6.61 Å². The highest BCUT2D eigenvalue weighted by atomic mass is 16.6. The Morgan fingerprint density at radius 2 is 2.17 bits per heavy atom. The topological polar surface area (TPSA) is 53.3 Å². The van der Waals surface area contributed by atoms with Gasteiger partial charge in [-0.05, 0) is 24.8 Å². The Bertz CT molecular complexity index is 616. The van der Waals surface area contributed by atoms with Crippen LogP contribution in [-0.2, 0) is 4.74 Å². The van der Waals surface area contributed by atoms with Gasteiger partial charge in [-0.15, -0.1) is 0 Å². The van der Waals surface area contributed by atoms with Gasteiger partial charge >= 0.3 is 6.09 Å². The molecular weight excluding hydrogens is 288 g/mol. The van der Waals surface area contributed by atoms with E-state index in [4.69, 9.17) is 4.74 Å². The molecule has 23 heavy (non-hydrogen) atoms. The molecule has 2 atom stereocenters. The highest BCUT2D eigenvalue weighted by Crippen LogP contribution is 2.48. The summed E-state index contributed by atoms with van der Waals surface area (Å²) in [5.74, 6) is 0.350. The van der Waals surface area contributed by atoms with Gasteiger partial charge in [-0.3, -0.25) is 0 Å². The molecule has 2 aliphatic carbocycles. The average Bonchev–Trinajstić information content (AvgIpc) is 3.33. The van der Waals surface area contributed by atoms with Gasteiger partial charge in [-0.2, -0.15) is 5.26 Å². The van der Waals surface area contributed by atoms with Crippen molar-refractivity contribution in [2.45, 2.75) is 37.6 Å². The monoisotopic (exact) mass is 310 g/mol. The van der Waals surface area contributed by atoms with Crippen LogP contribution < -0.4 is 0 Å². The number of hydrogen-bond donors (Lipinski definition) is 0. The fourth-order valence-electron chi connectivity index (χ4n) is 3.35. The summed E-state index contributed by atoms with van der Waals surface area (Å²) in [5.41, 5.74) is 0.871. The summed E-state index contributed by atoms with van der Waals surface area (Å²) >= 11 is 0. The molecule has 0 N–H and O–H groups in total. The predicted octanol–water partition coefficient (Wildman–Crippen LogP) is 3.86. The van der Waals surface area contributed by atoms with Crippen LogP contribution in [0.1, 0.15) is 37.2 Å². The van der Waals surface area contributed by atoms with E-state index in [2.05, 4.69) is 24.8 Å². The minimum Gasteiger partial charge on any atom is -0.445 e. The maximum atomic E-state index is 12.4. The summed E-state index contributed by atoms with van der Waals surface area (Å²) in [4.78, 5) is 14.2. The normalized spacial score (nSPS) is 24.0. The number of hydrogen-bond acceptors (Lipinski definition) is 3. The number of amides is 1. The quantitative estimate of drug-likeness (QED) is 0.750. The number of rotatable bonds is 6. The molecule has 2 unspecified atom stereocenters. The van der Waals surface area contributed by atoms with Crippen LogP contribution in [-0.4, -0.2) is 30.2 Å². The first-order valence-electron chi connectivity index (χ1n) is 8.19. The van der Waals surface area contributed by atoms with Gasteiger partial charge in [0.2, 0.25) is 0 Å². The van der Waals surface area contributed by atoms with Gasteiger partial charge in [0.15, 0.2) is 0 Å². The molecule has 0 aliphatic heterocycles. The third-order valence-corrected chi connectivity index (χ3v) is 4.96. The molecule has 0 aromatic heterocycles. The lowest BCUT2D eigenvalue weighted by molar-refractivity contribution is 0.0747. The maximum absolute atomic E-state index is 12.4. The third-order valence-electron chi connectivity index (χ3n) is 4.96. The van der Waals surface area contributed by atoms with Gasteiger partial charge in [-0.1, -0.05) is 49.4 Å². The molecule has 1 amide bonds. The van der Waals surface area contributed by atoms with E-state index in [-0.39, 0.29) is 24.2 Å². The zero-order valence-corrected chi connectivity index (χ0v) is 13.3. The van der Waals surface area contributed by atoms with Gasteiger partial charge in [0.25, 0.3) is 0 Å². The molecule has 1 aromatic carbocycles. The molecule has 4 nitrogen and oxygen atoms in total. The molecule has 1 aromatic rings. The van der Waals surface area contributed by atoms with E-state index < -0.39 is 0 Å². The molecule has 0 bridgehead atoms. The second kappa shape index (κ2) is 6.45. The van der Waals surface area contributed by atoms with Gasteiger partial charge < -0.3 is 9.64 Å². The number of carbonyl (C=O) groups excluding carboxylic acids is 1. The van der Waals surface area contributed by atoms with Crippen molar-refractivity contribution in [1.82, 2.24) is 4.90 Å². The lowest BCUT2D eigenvalue weighted by Crippen LogP contribution is -2.45. The number of carbonyl (C=O) groups is 1. The minimum absolute atomic E-state index is 0.139. The van der Waals surface area contributed by atoms with Crippen molar-refractivity contribution < 1.29 is 9.53 Å². The van der Waals surface area contributed by atoms with E-state index >= 15 is 0 Å². The fourth-order valence-corrected chi connectivity index (χ4v) is 3.35. The van der Waals surface area contributed by atoms with Crippen molar-refractivity contribution in [3.63, 3.8) is 0 Å². The van der Waals surface area contributed by atoms with Crippen LogP contribution in [0.25, 0.3) is 0 Å². The lowest BCUT2D eigenvalue weighted by Gasteiger charge is -2.39. The first-order valence-corrected chi connectivity index (χ1v) is 8.19. The first-order chi connectivity index (χ1) is 11.2. The van der Waals surface area contributed by atoms with E-state index in [0.29, 0.717) is 12.5 Å². The summed E-state index contributed by atoms with van der Waals surface area (Å²) in [6, 6.07) is 12.8. The number of benzene rings is 1. The van der Waals surface area contributed by atoms with E-state index in [9.17, 15) is 10.1 Å². The molecule has 3 rings (SSSR count). The highest BCUT2D eigenvalue weighted by Gasteiger charge is 2.49. The molecule has 2 aliphatic rings. The summed E-state index contributed by atoms with van der Waals surface area (Å²) in [5, 5.41) is 9.48. The van der Waals surface area contributed by atoms with E-state index in [1.165, 1.54) is 5.56 Å². The molecule has 0 heterocycles.